The maximum atomic E-state index is 13.3. The smallest absolute Gasteiger partial charge is 0.462 e. The Morgan fingerprint density at radius 2 is 1.25 bits per heavy atom. The van der Waals surface area contributed by atoms with Gasteiger partial charge in [0.15, 0.2) is 5.60 Å². The zero-order valence-corrected chi connectivity index (χ0v) is 28.9. The lowest BCUT2D eigenvalue weighted by molar-refractivity contribution is -0.391. The number of sulfonamides is 1. The fraction of sp³-hybridized carbons (Fsp3) is 0.733. The number of amides is 1. The van der Waals surface area contributed by atoms with Gasteiger partial charge in [-0.1, -0.05) is 32.9 Å². The molecule has 5 unspecified atom stereocenters. The van der Waals surface area contributed by atoms with Gasteiger partial charge in [0.25, 0.3) is 11.5 Å². The molecule has 1 amide bonds. The summed E-state index contributed by atoms with van der Waals surface area (Å²) in [4.78, 5) is 23.7. The molecule has 21 heteroatoms. The first-order chi connectivity index (χ1) is 22.6. The fourth-order valence-corrected chi connectivity index (χ4v) is 5.39. The van der Waals surface area contributed by atoms with E-state index in [2.05, 4.69) is 0 Å². The van der Waals surface area contributed by atoms with Crippen molar-refractivity contribution in [1.29, 1.82) is 0 Å². The minimum Gasteiger partial charge on any atom is -0.462 e. The molecular weight excluding hydrogens is 746 g/mol. The highest BCUT2D eigenvalue weighted by atomic mass is 32.2. The molecule has 1 aliphatic rings. The monoisotopic (exact) mass is 785 g/mol. The van der Waals surface area contributed by atoms with Gasteiger partial charge in [0.05, 0.1) is 5.41 Å². The number of hydrogen-bond acceptors (Lipinski definition) is 7. The average Bonchev–Trinajstić information content (AvgIpc) is 2.97. The zero-order valence-electron chi connectivity index (χ0n) is 28.0. The number of hydrogen-bond donors (Lipinski definition) is 3. The molecular formula is C30H39F12NO7S. The largest absolute Gasteiger partial charge is 0.516 e. The Kier molecular flexibility index (Phi) is 14.2. The number of rotatable bonds is 9. The molecule has 2 rings (SSSR count). The summed E-state index contributed by atoms with van der Waals surface area (Å²) in [5.41, 5.74) is -15.0. The molecule has 0 bridgehead atoms. The van der Waals surface area contributed by atoms with Crippen LogP contribution in [0.2, 0.25) is 0 Å². The van der Waals surface area contributed by atoms with Crippen LogP contribution in [-0.2, 0) is 19.6 Å². The second kappa shape index (κ2) is 15.7. The van der Waals surface area contributed by atoms with E-state index in [0.717, 1.165) is 16.7 Å². The molecule has 1 aliphatic carbocycles. The summed E-state index contributed by atoms with van der Waals surface area (Å²) in [6, 6.07) is 5.76. The van der Waals surface area contributed by atoms with Crippen molar-refractivity contribution >= 4 is 21.9 Å². The number of benzene rings is 1. The Morgan fingerprint density at radius 3 is 1.63 bits per heavy atom. The lowest BCUT2D eigenvalue weighted by Gasteiger charge is -2.47. The van der Waals surface area contributed by atoms with Gasteiger partial charge in [-0.05, 0) is 76.5 Å². The summed E-state index contributed by atoms with van der Waals surface area (Å²) in [5, 5.41) is 19.6. The van der Waals surface area contributed by atoms with Crippen LogP contribution >= 0.6 is 0 Å². The molecule has 1 aromatic rings. The van der Waals surface area contributed by atoms with Gasteiger partial charge in [-0.2, -0.15) is 61.1 Å². The van der Waals surface area contributed by atoms with E-state index < -0.39 is 99.8 Å². The van der Waals surface area contributed by atoms with Crippen LogP contribution in [0.15, 0.2) is 24.3 Å². The van der Waals surface area contributed by atoms with Crippen LogP contribution in [0.3, 0.4) is 0 Å². The van der Waals surface area contributed by atoms with Crippen LogP contribution in [0.4, 0.5) is 52.7 Å². The Hall–Kier alpha value is -2.81. The van der Waals surface area contributed by atoms with E-state index in [1.807, 2.05) is 13.8 Å². The molecule has 1 aromatic carbocycles. The lowest BCUT2D eigenvalue weighted by Crippen LogP contribution is -2.64. The summed E-state index contributed by atoms with van der Waals surface area (Å²) < 4.78 is 184. The number of carbonyl (C=O) groups excluding carboxylic acids is 2. The number of aliphatic hydroxyl groups is 2. The Labute approximate surface area is 286 Å². The maximum absolute atomic E-state index is 13.3. The van der Waals surface area contributed by atoms with E-state index in [9.17, 15) is 80.9 Å². The number of halogens is 12. The SMILES string of the molecule is CCC(C)(C)C(=O)OC1CC(C(C)(O)C(F)(F)F)CC(C(O)(C(F)(F)F)C(F)(F)F)C1.CCC(C)c1ccc(C(=O)NS(=O)(=O)C(F)(F)F)cc1. The fourth-order valence-electron chi connectivity index (χ4n) is 4.91. The van der Waals surface area contributed by atoms with Crippen LogP contribution in [0.25, 0.3) is 0 Å². The topological polar surface area (TPSA) is 130 Å². The van der Waals surface area contributed by atoms with E-state index in [0.29, 0.717) is 0 Å². The molecule has 0 aromatic heterocycles. The zero-order chi connectivity index (χ0) is 40.4. The van der Waals surface area contributed by atoms with Gasteiger partial charge in [0, 0.05) is 17.4 Å². The molecule has 1 fully saturated rings. The van der Waals surface area contributed by atoms with E-state index in [4.69, 9.17) is 4.74 Å². The van der Waals surface area contributed by atoms with Gasteiger partial charge in [-0.15, -0.1) is 0 Å². The molecule has 5 atom stereocenters. The van der Waals surface area contributed by atoms with E-state index in [1.165, 1.54) is 26.0 Å². The van der Waals surface area contributed by atoms with Gasteiger partial charge in [0.1, 0.15) is 6.10 Å². The lowest BCUT2D eigenvalue weighted by atomic mass is 9.66. The quantitative estimate of drug-likeness (QED) is 0.173. The first-order valence-corrected chi connectivity index (χ1v) is 16.7. The highest BCUT2D eigenvalue weighted by Gasteiger charge is 2.75. The van der Waals surface area contributed by atoms with Crippen molar-refractivity contribution in [3.05, 3.63) is 35.4 Å². The first-order valence-electron chi connectivity index (χ1n) is 15.2. The minimum atomic E-state index is -6.28. The second-order valence-electron chi connectivity index (χ2n) is 13.1. The Morgan fingerprint density at radius 1 is 0.804 bits per heavy atom. The van der Waals surface area contributed by atoms with Crippen molar-refractivity contribution in [2.24, 2.45) is 17.3 Å². The van der Waals surface area contributed by atoms with Crippen LogP contribution in [0, 0.1) is 17.3 Å². The van der Waals surface area contributed by atoms with Gasteiger partial charge in [-0.25, -0.2) is 4.72 Å². The maximum Gasteiger partial charge on any atom is 0.516 e. The summed E-state index contributed by atoms with van der Waals surface area (Å²) in [6.07, 6.45) is -22.2. The van der Waals surface area contributed by atoms with Gasteiger partial charge in [-0.3, -0.25) is 9.59 Å². The average molecular weight is 786 g/mol. The molecule has 0 heterocycles. The predicted molar refractivity (Wildman–Crippen MR) is 156 cm³/mol. The third-order valence-corrected chi connectivity index (χ3v) is 10.1. The van der Waals surface area contributed by atoms with Gasteiger partial charge >= 0.3 is 40.0 Å². The molecule has 51 heavy (non-hydrogen) atoms. The first kappa shape index (κ1) is 46.2. The van der Waals surface area contributed by atoms with Crippen LogP contribution in [0.5, 0.6) is 0 Å². The van der Waals surface area contributed by atoms with Crippen molar-refractivity contribution in [2.75, 3.05) is 0 Å². The molecule has 3 N–H and O–H groups in total. The van der Waals surface area contributed by atoms with E-state index >= 15 is 0 Å². The van der Waals surface area contributed by atoms with Gasteiger partial charge < -0.3 is 14.9 Å². The number of nitrogens with one attached hydrogen (secondary N) is 1. The van der Waals surface area contributed by atoms with Crippen molar-refractivity contribution < 1.29 is 85.6 Å². The summed E-state index contributed by atoms with van der Waals surface area (Å²) in [5.74, 6) is -7.15. The molecule has 0 aliphatic heterocycles. The van der Waals surface area contributed by atoms with Crippen LogP contribution in [0.1, 0.15) is 95.5 Å². The number of alkyl halides is 12. The molecule has 0 saturated heterocycles. The molecule has 296 valence electrons. The number of esters is 1. The van der Waals surface area contributed by atoms with E-state index in [1.54, 1.807) is 19.1 Å². The Balaban J connectivity index is 0.000000560. The number of carbonyl (C=O) groups is 2. The normalized spacial score (nSPS) is 21.5. The second-order valence-corrected chi connectivity index (χ2v) is 14.8. The molecule has 0 radical (unpaired) electrons. The third kappa shape index (κ3) is 10.6. The van der Waals surface area contributed by atoms with Crippen molar-refractivity contribution in [3.63, 3.8) is 0 Å². The van der Waals surface area contributed by atoms with Gasteiger partial charge in [0.2, 0.25) is 0 Å². The summed E-state index contributed by atoms with van der Waals surface area (Å²) in [6.45, 7) is 8.45. The van der Waals surface area contributed by atoms with E-state index in [-0.39, 0.29) is 24.8 Å². The minimum absolute atomic E-state index is 0.148. The molecule has 1 saturated carbocycles. The standard InChI is InChI=1S/C18H25F9O4.C12H14F3NO3S/c1-5-13(2,3)12(28)31-11-7-9(14(4,29)16(19,20)21)6-10(8-11)15(30,17(22,23)24)18(25,26)27;1-3-8(2)9-4-6-10(7-5-9)11(17)16-20(18,19)12(13,14)15/h9-11,29-30H,5-8H2,1-4H3;4-8H,3H2,1-2H3,(H,16,17). The Bertz CT molecular complexity index is 1440. The highest BCUT2D eigenvalue weighted by Crippen LogP contribution is 2.55. The third-order valence-electron chi connectivity index (χ3n) is 9.08. The number of ether oxygens (including phenoxy) is 1. The van der Waals surface area contributed by atoms with Crippen LogP contribution < -0.4 is 4.72 Å². The summed E-state index contributed by atoms with van der Waals surface area (Å²) in [7, 11) is -5.68. The summed E-state index contributed by atoms with van der Waals surface area (Å²) >= 11 is 0. The van der Waals surface area contributed by atoms with Crippen LogP contribution in [-0.4, -0.2) is 71.9 Å². The van der Waals surface area contributed by atoms with Crippen molar-refractivity contribution in [2.45, 2.75) is 121 Å². The predicted octanol–water partition coefficient (Wildman–Crippen LogP) is 7.70. The van der Waals surface area contributed by atoms with Crippen molar-refractivity contribution in [1.82, 2.24) is 4.72 Å². The van der Waals surface area contributed by atoms with Crippen molar-refractivity contribution in [3.8, 4) is 0 Å². The highest BCUT2D eigenvalue weighted by molar-refractivity contribution is 7.90. The molecule has 8 nitrogen and oxygen atoms in total. The molecule has 0 spiro atoms.